The number of nitrogens with zero attached hydrogens (tertiary/aromatic N) is 2. The van der Waals surface area contributed by atoms with Gasteiger partial charge in [0.15, 0.2) is 0 Å². The third-order valence-electron chi connectivity index (χ3n) is 4.17. The number of carbonyl (C=O) groups is 2. The summed E-state index contributed by atoms with van der Waals surface area (Å²) in [6, 6.07) is 6.09. The van der Waals surface area contributed by atoms with E-state index in [4.69, 9.17) is 5.11 Å². The molecule has 1 fully saturated rings. The normalized spacial score (nSPS) is 15.5. The molecule has 1 aromatic carbocycles. The van der Waals surface area contributed by atoms with Crippen LogP contribution in [0.3, 0.4) is 0 Å². The Kier molecular flexibility index (Phi) is 4.89. The monoisotopic (exact) mass is 348 g/mol. The van der Waals surface area contributed by atoms with E-state index in [0.29, 0.717) is 31.6 Å². The minimum atomic E-state index is -0.787. The molecule has 2 aromatic rings. The van der Waals surface area contributed by atoms with Crippen LogP contribution < -0.4 is 0 Å². The molecule has 24 heavy (non-hydrogen) atoms. The lowest BCUT2D eigenvalue weighted by Crippen LogP contribution is -2.41. The summed E-state index contributed by atoms with van der Waals surface area (Å²) in [5.74, 6) is -1.46. The van der Waals surface area contributed by atoms with E-state index in [-0.39, 0.29) is 24.1 Å². The Morgan fingerprint density at radius 2 is 1.92 bits per heavy atom. The predicted octanol–water partition coefficient (Wildman–Crippen LogP) is 2.81. The minimum absolute atomic E-state index is 0.0326. The molecule has 5 nitrogen and oxygen atoms in total. The Morgan fingerprint density at radius 1 is 1.25 bits per heavy atom. The van der Waals surface area contributed by atoms with E-state index >= 15 is 0 Å². The Hall–Kier alpha value is -2.28. The zero-order valence-electron chi connectivity index (χ0n) is 12.9. The maximum Gasteiger partial charge on any atom is 0.306 e. The van der Waals surface area contributed by atoms with Gasteiger partial charge in [0.2, 0.25) is 5.91 Å². The molecule has 0 unspecified atom stereocenters. The predicted molar refractivity (Wildman–Crippen MR) is 88.2 cm³/mol. The number of likely N-dealkylation sites (tertiary alicyclic amines) is 1. The highest BCUT2D eigenvalue weighted by molar-refractivity contribution is 7.13. The average Bonchev–Trinajstić information content (AvgIpc) is 3.04. The molecule has 1 saturated heterocycles. The van der Waals surface area contributed by atoms with Crippen molar-refractivity contribution in [3.05, 3.63) is 41.2 Å². The highest BCUT2D eigenvalue weighted by Gasteiger charge is 2.27. The van der Waals surface area contributed by atoms with Crippen molar-refractivity contribution in [2.75, 3.05) is 13.1 Å². The first-order chi connectivity index (χ1) is 11.5. The summed E-state index contributed by atoms with van der Waals surface area (Å²) in [7, 11) is 0. The van der Waals surface area contributed by atoms with Gasteiger partial charge >= 0.3 is 5.97 Å². The van der Waals surface area contributed by atoms with Gasteiger partial charge in [0.25, 0.3) is 0 Å². The molecule has 0 radical (unpaired) electrons. The number of carboxylic acid groups (broad SMARTS) is 1. The summed E-state index contributed by atoms with van der Waals surface area (Å²) in [4.78, 5) is 29.4. The first-order valence-corrected chi connectivity index (χ1v) is 8.62. The van der Waals surface area contributed by atoms with Crippen molar-refractivity contribution in [3.8, 4) is 10.6 Å². The Labute approximate surface area is 142 Å². The van der Waals surface area contributed by atoms with Crippen LogP contribution in [0.2, 0.25) is 0 Å². The number of thiazole rings is 1. The molecule has 126 valence electrons. The molecule has 1 aliphatic heterocycles. The molecule has 1 amide bonds. The summed E-state index contributed by atoms with van der Waals surface area (Å²) >= 11 is 1.42. The van der Waals surface area contributed by atoms with Crippen LogP contribution in [0.1, 0.15) is 18.5 Å². The van der Waals surface area contributed by atoms with E-state index < -0.39 is 5.97 Å². The van der Waals surface area contributed by atoms with Gasteiger partial charge in [-0.3, -0.25) is 9.59 Å². The van der Waals surface area contributed by atoms with Crippen LogP contribution in [0.25, 0.3) is 10.6 Å². The number of aliphatic carboxylic acids is 1. The molecule has 1 aromatic heterocycles. The van der Waals surface area contributed by atoms with Crippen LogP contribution in [0.15, 0.2) is 29.6 Å². The number of carboxylic acids is 1. The molecule has 0 bridgehead atoms. The van der Waals surface area contributed by atoms with Crippen molar-refractivity contribution < 1.29 is 19.1 Å². The number of halogens is 1. The van der Waals surface area contributed by atoms with Crippen molar-refractivity contribution in [1.82, 2.24) is 9.88 Å². The number of hydrogen-bond donors (Lipinski definition) is 1. The number of carbonyl (C=O) groups excluding carboxylic acids is 1. The van der Waals surface area contributed by atoms with Crippen LogP contribution in [-0.4, -0.2) is 40.0 Å². The summed E-state index contributed by atoms with van der Waals surface area (Å²) in [5.41, 5.74) is 1.51. The molecule has 1 N–H and O–H groups in total. The van der Waals surface area contributed by atoms with E-state index in [1.165, 1.54) is 23.5 Å². The van der Waals surface area contributed by atoms with E-state index in [1.54, 1.807) is 17.0 Å². The summed E-state index contributed by atoms with van der Waals surface area (Å²) in [5, 5.41) is 11.6. The smallest absolute Gasteiger partial charge is 0.306 e. The minimum Gasteiger partial charge on any atom is -0.481 e. The summed E-state index contributed by atoms with van der Waals surface area (Å²) < 4.78 is 13.0. The van der Waals surface area contributed by atoms with Crippen molar-refractivity contribution in [3.63, 3.8) is 0 Å². The fraction of sp³-hybridized carbons (Fsp3) is 0.353. The highest BCUT2D eigenvalue weighted by Crippen LogP contribution is 2.25. The lowest BCUT2D eigenvalue weighted by atomic mass is 9.97. The van der Waals surface area contributed by atoms with Gasteiger partial charge in [-0.15, -0.1) is 11.3 Å². The van der Waals surface area contributed by atoms with Crippen LogP contribution in [0, 0.1) is 11.7 Å². The largest absolute Gasteiger partial charge is 0.481 e. The van der Waals surface area contributed by atoms with Crippen molar-refractivity contribution in [2.45, 2.75) is 19.3 Å². The number of aromatic nitrogens is 1. The third kappa shape index (κ3) is 3.79. The number of piperidine rings is 1. The SMILES string of the molecule is O=C(O)C1CCN(C(=O)Cc2csc(-c3ccc(F)cc3)n2)CC1. The van der Waals surface area contributed by atoms with Crippen LogP contribution in [0.5, 0.6) is 0 Å². The van der Waals surface area contributed by atoms with Gasteiger partial charge in [0.1, 0.15) is 10.8 Å². The molecule has 0 saturated carbocycles. The maximum absolute atomic E-state index is 13.0. The van der Waals surface area contributed by atoms with Gasteiger partial charge in [-0.1, -0.05) is 0 Å². The zero-order chi connectivity index (χ0) is 17.1. The van der Waals surface area contributed by atoms with Gasteiger partial charge in [-0.05, 0) is 37.1 Å². The van der Waals surface area contributed by atoms with Crippen LogP contribution >= 0.6 is 11.3 Å². The van der Waals surface area contributed by atoms with Gasteiger partial charge in [0.05, 0.1) is 18.0 Å². The van der Waals surface area contributed by atoms with Gasteiger partial charge in [-0.2, -0.15) is 0 Å². The van der Waals surface area contributed by atoms with E-state index in [0.717, 1.165) is 10.6 Å². The number of rotatable bonds is 4. The fourth-order valence-corrected chi connectivity index (χ4v) is 3.58. The summed E-state index contributed by atoms with van der Waals surface area (Å²) in [6.45, 7) is 0.954. The van der Waals surface area contributed by atoms with E-state index in [1.807, 2.05) is 5.38 Å². The molecular formula is C17H17FN2O3S. The maximum atomic E-state index is 13.0. The average molecular weight is 348 g/mol. The van der Waals surface area contributed by atoms with Crippen LogP contribution in [0.4, 0.5) is 4.39 Å². The second kappa shape index (κ2) is 7.09. The highest BCUT2D eigenvalue weighted by atomic mass is 32.1. The number of benzene rings is 1. The topological polar surface area (TPSA) is 70.5 Å². The Bertz CT molecular complexity index is 737. The van der Waals surface area contributed by atoms with E-state index in [2.05, 4.69) is 4.98 Å². The lowest BCUT2D eigenvalue weighted by molar-refractivity contribution is -0.145. The quantitative estimate of drug-likeness (QED) is 0.922. The second-order valence-corrected chi connectivity index (χ2v) is 6.68. The Morgan fingerprint density at radius 3 is 2.54 bits per heavy atom. The standard InChI is InChI=1S/C17H17FN2O3S/c18-13-3-1-11(2-4-13)16-19-14(10-24-16)9-15(21)20-7-5-12(6-8-20)17(22)23/h1-4,10,12H,5-9H2,(H,22,23). The van der Waals surface area contributed by atoms with Gasteiger partial charge in [-0.25, -0.2) is 9.37 Å². The van der Waals surface area contributed by atoms with Crippen molar-refractivity contribution >= 4 is 23.2 Å². The summed E-state index contributed by atoms with van der Waals surface area (Å²) in [6.07, 6.45) is 1.20. The van der Waals surface area contributed by atoms with Crippen molar-refractivity contribution in [1.29, 1.82) is 0 Å². The Balaban J connectivity index is 1.59. The molecule has 2 heterocycles. The first-order valence-electron chi connectivity index (χ1n) is 7.74. The molecule has 0 spiro atoms. The number of amides is 1. The fourth-order valence-electron chi connectivity index (χ4n) is 2.76. The molecule has 3 rings (SSSR count). The van der Waals surface area contributed by atoms with Crippen molar-refractivity contribution in [2.24, 2.45) is 5.92 Å². The van der Waals surface area contributed by atoms with Gasteiger partial charge in [0, 0.05) is 24.0 Å². The van der Waals surface area contributed by atoms with Gasteiger partial charge < -0.3 is 10.0 Å². The molecular weight excluding hydrogens is 331 g/mol. The zero-order valence-corrected chi connectivity index (χ0v) is 13.8. The van der Waals surface area contributed by atoms with E-state index in [9.17, 15) is 14.0 Å². The second-order valence-electron chi connectivity index (χ2n) is 5.82. The molecule has 1 aliphatic rings. The lowest BCUT2D eigenvalue weighted by Gasteiger charge is -2.30. The number of hydrogen-bond acceptors (Lipinski definition) is 4. The first kappa shape index (κ1) is 16.6. The third-order valence-corrected chi connectivity index (χ3v) is 5.11. The van der Waals surface area contributed by atoms with Crippen LogP contribution in [-0.2, 0) is 16.0 Å². The molecule has 0 atom stereocenters. The molecule has 7 heteroatoms. The molecule has 0 aliphatic carbocycles.